The summed E-state index contributed by atoms with van der Waals surface area (Å²) in [7, 11) is 1.41. The lowest BCUT2D eigenvalue weighted by molar-refractivity contribution is 0.0600. The third kappa shape index (κ3) is 3.45. The van der Waals surface area contributed by atoms with Crippen LogP contribution in [0.25, 0.3) is 10.6 Å². The van der Waals surface area contributed by atoms with E-state index in [-0.39, 0.29) is 11.9 Å². The molecule has 0 radical (unpaired) electrons. The van der Waals surface area contributed by atoms with E-state index in [1.807, 2.05) is 37.4 Å². The predicted octanol–water partition coefficient (Wildman–Crippen LogP) is 4.35. The normalized spacial score (nSPS) is 16.0. The molecule has 1 unspecified atom stereocenters. The Bertz CT molecular complexity index is 992. The Morgan fingerprint density at radius 1 is 1.30 bits per heavy atom. The van der Waals surface area contributed by atoms with Gasteiger partial charge in [-0.3, -0.25) is 0 Å². The Kier molecular flexibility index (Phi) is 4.66. The molecule has 6 heteroatoms. The van der Waals surface area contributed by atoms with Gasteiger partial charge in [0.2, 0.25) is 0 Å². The highest BCUT2D eigenvalue weighted by atomic mass is 32.1. The Morgan fingerprint density at radius 2 is 2.15 bits per heavy atom. The van der Waals surface area contributed by atoms with E-state index in [0.29, 0.717) is 11.4 Å². The molecule has 5 nitrogen and oxygen atoms in total. The number of hydrogen-bond donors (Lipinski definition) is 1. The van der Waals surface area contributed by atoms with Crippen molar-refractivity contribution in [3.05, 3.63) is 63.8 Å². The van der Waals surface area contributed by atoms with Crippen LogP contribution in [0.3, 0.4) is 0 Å². The van der Waals surface area contributed by atoms with Gasteiger partial charge >= 0.3 is 5.97 Å². The van der Waals surface area contributed by atoms with Crippen molar-refractivity contribution in [3.63, 3.8) is 0 Å². The summed E-state index contributed by atoms with van der Waals surface area (Å²) in [5, 5.41) is 1.08. The third-order valence-electron chi connectivity index (χ3n) is 4.94. The van der Waals surface area contributed by atoms with Crippen LogP contribution in [-0.2, 0) is 11.2 Å². The van der Waals surface area contributed by atoms with Crippen molar-refractivity contribution < 1.29 is 9.53 Å². The van der Waals surface area contributed by atoms with Crippen LogP contribution < -0.4 is 5.73 Å². The van der Waals surface area contributed by atoms with Crippen molar-refractivity contribution in [2.45, 2.75) is 32.1 Å². The number of fused-ring (bicyclic) bond motifs is 1. The van der Waals surface area contributed by atoms with Crippen LogP contribution in [0.15, 0.2) is 36.5 Å². The summed E-state index contributed by atoms with van der Waals surface area (Å²) in [5.41, 5.74) is 10.9. The molecule has 0 saturated carbocycles. The number of rotatable bonds is 3. The van der Waals surface area contributed by atoms with Crippen molar-refractivity contribution in [3.8, 4) is 10.6 Å². The first-order valence-electron chi connectivity index (χ1n) is 8.96. The van der Waals surface area contributed by atoms with Gasteiger partial charge in [0.1, 0.15) is 10.8 Å². The highest BCUT2D eigenvalue weighted by Gasteiger charge is 2.25. The number of hydrogen-bond acceptors (Lipinski definition) is 6. The number of carbonyl (C=O) groups excluding carboxylic acids is 1. The summed E-state index contributed by atoms with van der Waals surface area (Å²) in [5.74, 6) is 0.485. The molecule has 0 amide bonds. The van der Waals surface area contributed by atoms with E-state index >= 15 is 0 Å². The van der Waals surface area contributed by atoms with Gasteiger partial charge in [-0.1, -0.05) is 6.07 Å². The number of carbonyl (C=O) groups is 1. The summed E-state index contributed by atoms with van der Waals surface area (Å²) < 4.78 is 4.84. The molecule has 138 valence electrons. The Hall–Kier alpha value is -2.73. The van der Waals surface area contributed by atoms with Gasteiger partial charge in [-0.05, 0) is 67.1 Å². The molecule has 4 rings (SSSR count). The molecular formula is C21H21N3O2S. The summed E-state index contributed by atoms with van der Waals surface area (Å²) in [6, 6.07) is 9.76. The highest BCUT2D eigenvalue weighted by molar-refractivity contribution is 7.15. The fraction of sp³-hybridized carbons (Fsp3) is 0.286. The second kappa shape index (κ2) is 7.12. The topological polar surface area (TPSA) is 78.1 Å². The van der Waals surface area contributed by atoms with Gasteiger partial charge in [-0.25, -0.2) is 14.8 Å². The third-order valence-corrected chi connectivity index (χ3v) is 6.08. The Morgan fingerprint density at radius 3 is 2.93 bits per heavy atom. The number of aryl methyl sites for hydroxylation is 2. The maximum Gasteiger partial charge on any atom is 0.337 e. The van der Waals surface area contributed by atoms with E-state index < -0.39 is 0 Å². The molecule has 0 saturated heterocycles. The SMILES string of the molecule is COC(=O)c1ccc2c(c1)CCCC2c1ncc(-c2cc(C)cc(N)n2)s1. The molecular weight excluding hydrogens is 358 g/mol. The zero-order chi connectivity index (χ0) is 19.0. The minimum atomic E-state index is -0.292. The molecule has 0 fully saturated rings. The first-order chi connectivity index (χ1) is 13.0. The average Bonchev–Trinajstić information content (AvgIpc) is 3.15. The molecule has 0 aliphatic heterocycles. The number of nitrogens with two attached hydrogens (primary N) is 1. The summed E-state index contributed by atoms with van der Waals surface area (Å²) in [6.07, 6.45) is 5.00. The largest absolute Gasteiger partial charge is 0.465 e. The molecule has 0 spiro atoms. The Balaban J connectivity index is 1.68. The van der Waals surface area contributed by atoms with Gasteiger partial charge in [-0.2, -0.15) is 0 Å². The van der Waals surface area contributed by atoms with Crippen LogP contribution in [0, 0.1) is 6.92 Å². The number of methoxy groups -OCH3 is 1. The zero-order valence-corrected chi connectivity index (χ0v) is 16.2. The van der Waals surface area contributed by atoms with E-state index in [0.717, 1.165) is 40.4 Å². The number of nitrogen functional groups attached to an aromatic ring is 1. The minimum Gasteiger partial charge on any atom is -0.465 e. The molecule has 27 heavy (non-hydrogen) atoms. The van der Waals surface area contributed by atoms with Crippen LogP contribution in [0.1, 0.15) is 50.8 Å². The van der Waals surface area contributed by atoms with E-state index in [1.165, 1.54) is 18.2 Å². The molecule has 1 aliphatic rings. The summed E-state index contributed by atoms with van der Waals surface area (Å²) in [6.45, 7) is 2.01. The number of pyridine rings is 1. The van der Waals surface area contributed by atoms with E-state index in [4.69, 9.17) is 15.5 Å². The molecule has 1 aliphatic carbocycles. The standard InChI is InChI=1S/C21H21N3O2S/c1-12-8-17(24-19(22)9-12)18-11-23-20(27-18)16-5-3-4-13-10-14(21(25)26-2)6-7-15(13)16/h6-11,16H,3-5H2,1-2H3,(H2,22,24). The number of thiazole rings is 1. The van der Waals surface area contributed by atoms with Crippen LogP contribution in [0.4, 0.5) is 5.82 Å². The predicted molar refractivity (Wildman–Crippen MR) is 107 cm³/mol. The van der Waals surface area contributed by atoms with E-state index in [1.54, 1.807) is 11.3 Å². The molecule has 1 aromatic carbocycles. The summed E-state index contributed by atoms with van der Waals surface area (Å²) >= 11 is 1.67. The molecule has 2 heterocycles. The quantitative estimate of drug-likeness (QED) is 0.685. The van der Waals surface area contributed by atoms with Gasteiger partial charge in [0.25, 0.3) is 0 Å². The van der Waals surface area contributed by atoms with E-state index in [9.17, 15) is 4.79 Å². The lowest BCUT2D eigenvalue weighted by Crippen LogP contribution is -2.12. The van der Waals surface area contributed by atoms with Gasteiger partial charge in [0.15, 0.2) is 0 Å². The lowest BCUT2D eigenvalue weighted by atomic mass is 9.82. The maximum absolute atomic E-state index is 11.8. The van der Waals surface area contributed by atoms with Crippen molar-refractivity contribution in [2.24, 2.45) is 0 Å². The second-order valence-electron chi connectivity index (χ2n) is 6.87. The van der Waals surface area contributed by atoms with E-state index in [2.05, 4.69) is 11.1 Å². The molecule has 2 aromatic heterocycles. The minimum absolute atomic E-state index is 0.251. The number of nitrogens with zero attached hydrogens (tertiary/aromatic N) is 2. The molecule has 2 N–H and O–H groups in total. The van der Waals surface area contributed by atoms with Gasteiger partial charge in [0.05, 0.1) is 23.2 Å². The van der Waals surface area contributed by atoms with Gasteiger partial charge in [0, 0.05) is 12.1 Å². The summed E-state index contributed by atoms with van der Waals surface area (Å²) in [4.78, 5) is 22.0. The zero-order valence-electron chi connectivity index (χ0n) is 15.4. The van der Waals surface area contributed by atoms with Crippen LogP contribution in [-0.4, -0.2) is 23.0 Å². The highest BCUT2D eigenvalue weighted by Crippen LogP contribution is 2.40. The number of benzene rings is 1. The number of ether oxygens (including phenoxy) is 1. The van der Waals surface area contributed by atoms with Crippen LogP contribution in [0.2, 0.25) is 0 Å². The number of esters is 1. The van der Waals surface area contributed by atoms with Crippen molar-refractivity contribution in [1.82, 2.24) is 9.97 Å². The molecule has 1 atom stereocenters. The Labute approximate surface area is 162 Å². The first-order valence-corrected chi connectivity index (χ1v) is 9.78. The average molecular weight is 379 g/mol. The van der Waals surface area contributed by atoms with Crippen molar-refractivity contribution in [2.75, 3.05) is 12.8 Å². The molecule has 0 bridgehead atoms. The fourth-order valence-corrected chi connectivity index (χ4v) is 4.74. The lowest BCUT2D eigenvalue weighted by Gasteiger charge is -2.24. The first kappa shape index (κ1) is 17.7. The smallest absolute Gasteiger partial charge is 0.337 e. The number of anilines is 1. The fourth-order valence-electron chi connectivity index (χ4n) is 3.70. The van der Waals surface area contributed by atoms with Gasteiger partial charge < -0.3 is 10.5 Å². The van der Waals surface area contributed by atoms with Crippen molar-refractivity contribution in [1.29, 1.82) is 0 Å². The second-order valence-corrected chi connectivity index (χ2v) is 7.93. The number of aromatic nitrogens is 2. The van der Waals surface area contributed by atoms with Gasteiger partial charge in [-0.15, -0.1) is 11.3 Å². The van der Waals surface area contributed by atoms with Crippen molar-refractivity contribution >= 4 is 23.1 Å². The maximum atomic E-state index is 11.8. The van der Waals surface area contributed by atoms with Crippen LogP contribution in [0.5, 0.6) is 0 Å². The molecule has 3 aromatic rings. The monoisotopic (exact) mass is 379 g/mol. The van der Waals surface area contributed by atoms with Crippen LogP contribution >= 0.6 is 11.3 Å².